The van der Waals surface area contributed by atoms with Crippen molar-refractivity contribution in [2.24, 2.45) is 5.92 Å². The minimum absolute atomic E-state index is 0.0274. The summed E-state index contributed by atoms with van der Waals surface area (Å²) in [6.07, 6.45) is 1.69. The van der Waals surface area contributed by atoms with E-state index in [4.69, 9.17) is 0 Å². The number of urea groups is 1. The van der Waals surface area contributed by atoms with Crippen LogP contribution in [-0.2, 0) is 17.9 Å². The number of rotatable bonds is 5. The predicted molar refractivity (Wildman–Crippen MR) is 99.1 cm³/mol. The van der Waals surface area contributed by atoms with Gasteiger partial charge < -0.3 is 15.5 Å². The molecule has 0 aliphatic carbocycles. The summed E-state index contributed by atoms with van der Waals surface area (Å²) >= 11 is 1.62. The van der Waals surface area contributed by atoms with Gasteiger partial charge in [0.1, 0.15) is 0 Å². The van der Waals surface area contributed by atoms with Crippen LogP contribution in [0.2, 0.25) is 0 Å². The molecule has 1 aliphatic heterocycles. The zero-order chi connectivity index (χ0) is 17.5. The molecule has 25 heavy (non-hydrogen) atoms. The van der Waals surface area contributed by atoms with E-state index in [-0.39, 0.29) is 17.9 Å². The van der Waals surface area contributed by atoms with E-state index in [1.165, 1.54) is 0 Å². The maximum Gasteiger partial charge on any atom is 0.317 e. The van der Waals surface area contributed by atoms with Gasteiger partial charge in [0.2, 0.25) is 5.91 Å². The highest BCUT2D eigenvalue weighted by Crippen LogP contribution is 2.17. The Hall–Kier alpha value is -2.34. The van der Waals surface area contributed by atoms with E-state index in [0.717, 1.165) is 23.3 Å². The number of carbonyl (C=O) groups is 2. The molecule has 1 aliphatic rings. The average molecular weight is 357 g/mol. The van der Waals surface area contributed by atoms with E-state index in [9.17, 15) is 9.59 Å². The van der Waals surface area contributed by atoms with Crippen LogP contribution in [0.15, 0.2) is 47.8 Å². The van der Waals surface area contributed by atoms with Gasteiger partial charge in [-0.3, -0.25) is 4.79 Å². The molecule has 0 spiro atoms. The predicted octanol–water partition coefficient (Wildman–Crippen LogP) is 2.99. The highest BCUT2D eigenvalue weighted by Gasteiger charge is 2.28. The summed E-state index contributed by atoms with van der Waals surface area (Å²) in [4.78, 5) is 27.6. The maximum absolute atomic E-state index is 12.4. The molecule has 6 heteroatoms. The number of piperidine rings is 1. The van der Waals surface area contributed by atoms with E-state index in [0.29, 0.717) is 26.2 Å². The minimum Gasteiger partial charge on any atom is -0.352 e. The fraction of sp³-hybridized carbons (Fsp3) is 0.368. The molecule has 1 aromatic carbocycles. The highest BCUT2D eigenvalue weighted by molar-refractivity contribution is 7.09. The molecule has 1 atom stereocenters. The Bertz CT molecular complexity index is 688. The Morgan fingerprint density at radius 2 is 1.92 bits per heavy atom. The quantitative estimate of drug-likeness (QED) is 0.864. The number of hydrogen-bond acceptors (Lipinski definition) is 3. The summed E-state index contributed by atoms with van der Waals surface area (Å²) in [6.45, 7) is 2.26. The van der Waals surface area contributed by atoms with Gasteiger partial charge in [-0.1, -0.05) is 36.4 Å². The third kappa shape index (κ3) is 5.06. The van der Waals surface area contributed by atoms with Crippen molar-refractivity contribution in [2.45, 2.75) is 25.9 Å². The van der Waals surface area contributed by atoms with Crippen LogP contribution in [0.4, 0.5) is 4.79 Å². The van der Waals surface area contributed by atoms with Crippen LogP contribution in [0.25, 0.3) is 0 Å². The van der Waals surface area contributed by atoms with Crippen LogP contribution in [0.5, 0.6) is 0 Å². The lowest BCUT2D eigenvalue weighted by Crippen LogP contribution is -2.48. The lowest BCUT2D eigenvalue weighted by Gasteiger charge is -2.32. The molecule has 2 N–H and O–H groups in total. The number of benzene rings is 1. The van der Waals surface area contributed by atoms with Gasteiger partial charge in [-0.15, -0.1) is 11.3 Å². The molecule has 1 unspecified atom stereocenters. The summed E-state index contributed by atoms with van der Waals surface area (Å²) in [5.74, 6) is -0.107. The highest BCUT2D eigenvalue weighted by atomic mass is 32.1. The molecule has 3 rings (SSSR count). The van der Waals surface area contributed by atoms with E-state index < -0.39 is 0 Å². The van der Waals surface area contributed by atoms with Gasteiger partial charge in [-0.2, -0.15) is 0 Å². The Kier molecular flexibility index (Phi) is 6.06. The number of likely N-dealkylation sites (tertiary alicyclic amines) is 1. The summed E-state index contributed by atoms with van der Waals surface area (Å²) in [6, 6.07) is 13.7. The molecule has 1 saturated heterocycles. The largest absolute Gasteiger partial charge is 0.352 e. The van der Waals surface area contributed by atoms with Crippen LogP contribution < -0.4 is 10.6 Å². The van der Waals surface area contributed by atoms with Crippen LogP contribution in [0.3, 0.4) is 0 Å². The van der Waals surface area contributed by atoms with Crippen molar-refractivity contribution in [3.63, 3.8) is 0 Å². The number of hydrogen-bond donors (Lipinski definition) is 2. The normalized spacial score (nSPS) is 17.1. The van der Waals surface area contributed by atoms with Gasteiger partial charge in [-0.25, -0.2) is 4.79 Å². The van der Waals surface area contributed by atoms with E-state index in [1.54, 1.807) is 16.2 Å². The second-order valence-electron chi connectivity index (χ2n) is 6.23. The van der Waals surface area contributed by atoms with Gasteiger partial charge in [0.25, 0.3) is 0 Å². The molecule has 1 fully saturated rings. The fourth-order valence-electron chi connectivity index (χ4n) is 2.99. The zero-order valence-corrected chi connectivity index (χ0v) is 14.9. The van der Waals surface area contributed by atoms with E-state index >= 15 is 0 Å². The van der Waals surface area contributed by atoms with Gasteiger partial charge in [0, 0.05) is 24.5 Å². The number of thiophene rings is 1. The first kappa shape index (κ1) is 17.5. The molecule has 0 bridgehead atoms. The monoisotopic (exact) mass is 357 g/mol. The van der Waals surface area contributed by atoms with Gasteiger partial charge in [-0.05, 0) is 29.9 Å². The molecule has 3 amide bonds. The Balaban J connectivity index is 1.46. The molecular weight excluding hydrogens is 334 g/mol. The van der Waals surface area contributed by atoms with Crippen molar-refractivity contribution >= 4 is 23.3 Å². The molecule has 0 saturated carbocycles. The van der Waals surface area contributed by atoms with Crippen molar-refractivity contribution in [1.82, 2.24) is 15.5 Å². The van der Waals surface area contributed by atoms with Crippen molar-refractivity contribution in [3.05, 3.63) is 58.3 Å². The molecule has 132 valence electrons. The third-order valence-electron chi connectivity index (χ3n) is 4.38. The molecular formula is C19H23N3O2S. The first-order chi connectivity index (χ1) is 12.2. The Labute approximate surface area is 152 Å². The average Bonchev–Trinajstić information content (AvgIpc) is 3.18. The van der Waals surface area contributed by atoms with E-state index in [2.05, 4.69) is 10.6 Å². The third-order valence-corrected chi connectivity index (χ3v) is 5.26. The number of nitrogens with zero attached hydrogens (tertiary/aromatic N) is 1. The van der Waals surface area contributed by atoms with Crippen molar-refractivity contribution in [1.29, 1.82) is 0 Å². The van der Waals surface area contributed by atoms with Crippen molar-refractivity contribution in [3.8, 4) is 0 Å². The Morgan fingerprint density at radius 3 is 2.68 bits per heavy atom. The number of carbonyl (C=O) groups excluding carboxylic acids is 2. The molecule has 1 aromatic heterocycles. The summed E-state index contributed by atoms with van der Waals surface area (Å²) < 4.78 is 0. The number of amides is 3. The minimum atomic E-state index is -0.134. The summed E-state index contributed by atoms with van der Waals surface area (Å²) in [7, 11) is 0. The van der Waals surface area contributed by atoms with Gasteiger partial charge in [0.05, 0.1) is 12.5 Å². The standard InChI is InChI=1S/C19H23N3O2S/c23-18(20-12-15-6-2-1-3-7-15)16-8-4-10-22(14-16)19(24)21-13-17-9-5-11-25-17/h1-3,5-7,9,11,16H,4,8,10,12-14H2,(H,20,23)(H,21,24). The Morgan fingerprint density at radius 1 is 1.08 bits per heavy atom. The van der Waals surface area contributed by atoms with E-state index in [1.807, 2.05) is 47.8 Å². The van der Waals surface area contributed by atoms with Crippen molar-refractivity contribution < 1.29 is 9.59 Å². The first-order valence-electron chi connectivity index (χ1n) is 8.59. The van der Waals surface area contributed by atoms with Crippen LogP contribution in [-0.4, -0.2) is 29.9 Å². The first-order valence-corrected chi connectivity index (χ1v) is 9.47. The van der Waals surface area contributed by atoms with Crippen molar-refractivity contribution in [2.75, 3.05) is 13.1 Å². The molecule has 0 radical (unpaired) electrons. The molecule has 2 aromatic rings. The van der Waals surface area contributed by atoms with Crippen LogP contribution in [0, 0.1) is 5.92 Å². The summed E-state index contributed by atoms with van der Waals surface area (Å²) in [5.41, 5.74) is 1.08. The fourth-order valence-corrected chi connectivity index (χ4v) is 3.64. The smallest absolute Gasteiger partial charge is 0.317 e. The summed E-state index contributed by atoms with van der Waals surface area (Å²) in [5, 5.41) is 7.92. The second kappa shape index (κ2) is 8.67. The topological polar surface area (TPSA) is 61.4 Å². The van der Waals surface area contributed by atoms with Gasteiger partial charge >= 0.3 is 6.03 Å². The lowest BCUT2D eigenvalue weighted by atomic mass is 9.97. The molecule has 2 heterocycles. The molecule has 5 nitrogen and oxygen atoms in total. The lowest BCUT2D eigenvalue weighted by molar-refractivity contribution is -0.126. The maximum atomic E-state index is 12.4. The van der Waals surface area contributed by atoms with Crippen LogP contribution >= 0.6 is 11.3 Å². The zero-order valence-electron chi connectivity index (χ0n) is 14.1. The number of nitrogens with one attached hydrogen (secondary N) is 2. The second-order valence-corrected chi connectivity index (χ2v) is 7.26. The van der Waals surface area contributed by atoms with Gasteiger partial charge in [0.15, 0.2) is 0 Å². The van der Waals surface area contributed by atoms with Crippen LogP contribution in [0.1, 0.15) is 23.3 Å². The SMILES string of the molecule is O=C(NCc1ccccc1)C1CCCN(C(=O)NCc2cccs2)C1.